The van der Waals surface area contributed by atoms with Gasteiger partial charge in [-0.2, -0.15) is 0 Å². The monoisotopic (exact) mass is 307 g/mol. The van der Waals surface area contributed by atoms with Crippen molar-refractivity contribution in [2.45, 2.75) is 39.2 Å². The van der Waals surface area contributed by atoms with E-state index < -0.39 is 0 Å². The third kappa shape index (κ3) is 2.92. The first-order chi connectivity index (χ1) is 10.6. The minimum atomic E-state index is -0.0657. The number of carbonyl (C=O) groups excluding carboxylic acids is 1. The highest BCUT2D eigenvalue weighted by Crippen LogP contribution is 2.40. The summed E-state index contributed by atoms with van der Waals surface area (Å²) in [7, 11) is 0. The van der Waals surface area contributed by atoms with E-state index in [0.717, 1.165) is 38.2 Å². The molecular formula is C17H25NO4. The number of likely N-dealkylation sites (tertiary alicyclic amines) is 1. The molecule has 0 aromatic carbocycles. The van der Waals surface area contributed by atoms with Crippen molar-refractivity contribution in [1.82, 2.24) is 4.90 Å². The van der Waals surface area contributed by atoms with Gasteiger partial charge in [-0.25, -0.2) is 0 Å². The molecule has 0 aliphatic carbocycles. The molecule has 122 valence electrons. The van der Waals surface area contributed by atoms with E-state index in [4.69, 9.17) is 13.9 Å². The molecule has 0 saturated carbocycles. The first-order valence-electron chi connectivity index (χ1n) is 8.20. The van der Waals surface area contributed by atoms with Gasteiger partial charge in [-0.15, -0.1) is 0 Å². The molecule has 5 heteroatoms. The van der Waals surface area contributed by atoms with Crippen LogP contribution < -0.4 is 0 Å². The summed E-state index contributed by atoms with van der Waals surface area (Å²) in [4.78, 5) is 14.6. The summed E-state index contributed by atoms with van der Waals surface area (Å²) >= 11 is 0. The highest BCUT2D eigenvalue weighted by Gasteiger charge is 2.47. The average molecular weight is 307 g/mol. The molecule has 2 aliphatic heterocycles. The molecule has 0 spiro atoms. The van der Waals surface area contributed by atoms with Crippen LogP contribution in [0.25, 0.3) is 0 Å². The highest BCUT2D eigenvalue weighted by atomic mass is 16.5. The quantitative estimate of drug-likeness (QED) is 0.858. The molecule has 1 aromatic heterocycles. The standard InChI is InChI=1S/C17H25NO4/c1-3-20-12-17-8-4-10-21-15(17)7-9-18(11-17)16(19)14-6-5-13(2)22-14/h5-6,15H,3-4,7-12H2,1-2H3/t15-,17-/m1/s1. The van der Waals surface area contributed by atoms with E-state index in [-0.39, 0.29) is 17.4 Å². The summed E-state index contributed by atoms with van der Waals surface area (Å²) in [5.74, 6) is 1.18. The summed E-state index contributed by atoms with van der Waals surface area (Å²) in [5.41, 5.74) is -0.0657. The molecule has 0 unspecified atom stereocenters. The maximum Gasteiger partial charge on any atom is 0.289 e. The van der Waals surface area contributed by atoms with Crippen molar-refractivity contribution in [2.75, 3.05) is 32.9 Å². The lowest BCUT2D eigenvalue weighted by molar-refractivity contribution is -0.146. The van der Waals surface area contributed by atoms with Gasteiger partial charge in [0.1, 0.15) is 5.76 Å². The largest absolute Gasteiger partial charge is 0.456 e. The van der Waals surface area contributed by atoms with Gasteiger partial charge in [0.2, 0.25) is 0 Å². The number of rotatable bonds is 4. The Balaban J connectivity index is 1.76. The molecule has 2 fully saturated rings. The molecule has 2 aliphatic rings. The maximum atomic E-state index is 12.7. The number of hydrogen-bond donors (Lipinski definition) is 0. The Hall–Kier alpha value is -1.33. The molecule has 0 N–H and O–H groups in total. The average Bonchev–Trinajstić information content (AvgIpc) is 2.98. The Morgan fingerprint density at radius 3 is 3.09 bits per heavy atom. The second-order valence-corrected chi connectivity index (χ2v) is 6.39. The van der Waals surface area contributed by atoms with Crippen molar-refractivity contribution in [1.29, 1.82) is 0 Å². The second-order valence-electron chi connectivity index (χ2n) is 6.39. The van der Waals surface area contributed by atoms with Crippen molar-refractivity contribution in [3.05, 3.63) is 23.7 Å². The lowest BCUT2D eigenvalue weighted by Gasteiger charge is -2.50. The van der Waals surface area contributed by atoms with Crippen molar-refractivity contribution < 1.29 is 18.7 Å². The number of nitrogens with zero attached hydrogens (tertiary/aromatic N) is 1. The Morgan fingerprint density at radius 1 is 1.50 bits per heavy atom. The topological polar surface area (TPSA) is 51.9 Å². The zero-order valence-corrected chi connectivity index (χ0v) is 13.5. The van der Waals surface area contributed by atoms with E-state index in [1.807, 2.05) is 24.8 Å². The highest BCUT2D eigenvalue weighted by molar-refractivity contribution is 5.91. The third-order valence-electron chi connectivity index (χ3n) is 4.82. The Labute approximate surface area is 131 Å². The number of piperidine rings is 1. The van der Waals surface area contributed by atoms with Gasteiger partial charge in [0.15, 0.2) is 5.76 Å². The van der Waals surface area contributed by atoms with Crippen LogP contribution in [0.5, 0.6) is 0 Å². The Kier molecular flexibility index (Phi) is 4.54. The van der Waals surface area contributed by atoms with Gasteiger partial charge in [0.05, 0.1) is 12.7 Å². The van der Waals surface area contributed by atoms with Crippen molar-refractivity contribution in [2.24, 2.45) is 5.41 Å². The summed E-state index contributed by atoms with van der Waals surface area (Å²) in [5, 5.41) is 0. The molecule has 22 heavy (non-hydrogen) atoms. The third-order valence-corrected chi connectivity index (χ3v) is 4.82. The number of carbonyl (C=O) groups is 1. The summed E-state index contributed by atoms with van der Waals surface area (Å²) in [6, 6.07) is 3.59. The van der Waals surface area contributed by atoms with E-state index in [9.17, 15) is 4.79 Å². The lowest BCUT2D eigenvalue weighted by Crippen LogP contribution is -2.58. The fraction of sp³-hybridized carbons (Fsp3) is 0.706. The Bertz CT molecular complexity index is 526. The van der Waals surface area contributed by atoms with Crippen molar-refractivity contribution in [3.8, 4) is 0 Å². The minimum absolute atomic E-state index is 0.0204. The van der Waals surface area contributed by atoms with Gasteiger partial charge in [0.25, 0.3) is 5.91 Å². The van der Waals surface area contributed by atoms with Gasteiger partial charge < -0.3 is 18.8 Å². The number of hydrogen-bond acceptors (Lipinski definition) is 4. The zero-order chi connectivity index (χ0) is 15.6. The molecule has 5 nitrogen and oxygen atoms in total. The van der Waals surface area contributed by atoms with Crippen LogP contribution in [-0.2, 0) is 9.47 Å². The van der Waals surface area contributed by atoms with Gasteiger partial charge in [0, 0.05) is 31.7 Å². The number of fused-ring (bicyclic) bond motifs is 1. The number of aryl methyl sites for hydroxylation is 1. The van der Waals surface area contributed by atoms with Crippen molar-refractivity contribution in [3.63, 3.8) is 0 Å². The SMILES string of the molecule is CCOC[C@]12CCCO[C@@H]1CCN(C(=O)c1ccc(C)o1)C2. The van der Waals surface area contributed by atoms with Crippen LogP contribution in [0.1, 0.15) is 42.5 Å². The molecule has 2 atom stereocenters. The molecule has 1 aromatic rings. The summed E-state index contributed by atoms with van der Waals surface area (Å²) in [6.45, 7) is 7.45. The molecular weight excluding hydrogens is 282 g/mol. The van der Waals surface area contributed by atoms with Crippen LogP contribution in [-0.4, -0.2) is 49.8 Å². The zero-order valence-electron chi connectivity index (χ0n) is 13.5. The first-order valence-corrected chi connectivity index (χ1v) is 8.20. The van der Waals surface area contributed by atoms with Crippen LogP contribution in [0.4, 0.5) is 0 Å². The molecule has 2 saturated heterocycles. The van der Waals surface area contributed by atoms with Crippen LogP contribution >= 0.6 is 0 Å². The van der Waals surface area contributed by atoms with E-state index in [0.29, 0.717) is 25.5 Å². The smallest absolute Gasteiger partial charge is 0.289 e. The molecule has 3 heterocycles. The maximum absolute atomic E-state index is 12.7. The number of ether oxygens (including phenoxy) is 2. The van der Waals surface area contributed by atoms with Crippen LogP contribution in [0.3, 0.4) is 0 Å². The molecule has 0 bridgehead atoms. The van der Waals surface area contributed by atoms with Crippen LogP contribution in [0.2, 0.25) is 0 Å². The van der Waals surface area contributed by atoms with Crippen LogP contribution in [0, 0.1) is 12.3 Å². The molecule has 3 rings (SSSR count). The van der Waals surface area contributed by atoms with Crippen LogP contribution in [0.15, 0.2) is 16.5 Å². The van der Waals surface area contributed by atoms with Gasteiger partial charge >= 0.3 is 0 Å². The second kappa shape index (κ2) is 6.42. The molecule has 0 radical (unpaired) electrons. The Morgan fingerprint density at radius 2 is 2.36 bits per heavy atom. The lowest BCUT2D eigenvalue weighted by atomic mass is 9.73. The fourth-order valence-corrected chi connectivity index (χ4v) is 3.68. The number of furan rings is 1. The fourth-order valence-electron chi connectivity index (χ4n) is 3.68. The summed E-state index contributed by atoms with van der Waals surface area (Å²) < 4.78 is 17.2. The van der Waals surface area contributed by atoms with Gasteiger partial charge in [-0.05, 0) is 45.2 Å². The number of amides is 1. The van der Waals surface area contributed by atoms with Crippen molar-refractivity contribution >= 4 is 5.91 Å². The predicted octanol–water partition coefficient (Wildman–Crippen LogP) is 2.64. The normalized spacial score (nSPS) is 28.5. The summed E-state index contributed by atoms with van der Waals surface area (Å²) in [6.07, 6.45) is 3.16. The van der Waals surface area contributed by atoms with E-state index >= 15 is 0 Å². The minimum Gasteiger partial charge on any atom is -0.456 e. The first kappa shape index (κ1) is 15.6. The predicted molar refractivity (Wildman–Crippen MR) is 81.9 cm³/mol. The van der Waals surface area contributed by atoms with Gasteiger partial charge in [-0.1, -0.05) is 0 Å². The van der Waals surface area contributed by atoms with E-state index in [1.165, 1.54) is 0 Å². The van der Waals surface area contributed by atoms with E-state index in [2.05, 4.69) is 0 Å². The van der Waals surface area contributed by atoms with E-state index in [1.54, 1.807) is 6.07 Å². The van der Waals surface area contributed by atoms with Gasteiger partial charge in [-0.3, -0.25) is 4.79 Å². The molecule has 1 amide bonds.